The Morgan fingerprint density at radius 2 is 1.58 bits per heavy atom. The summed E-state index contributed by atoms with van der Waals surface area (Å²) in [5.41, 5.74) is 6.59. The van der Waals surface area contributed by atoms with Gasteiger partial charge >= 0.3 is 0 Å². The summed E-state index contributed by atoms with van der Waals surface area (Å²) in [7, 11) is 0. The Balaban J connectivity index is 2.16. The van der Waals surface area contributed by atoms with Gasteiger partial charge in [0.2, 0.25) is 0 Å². The lowest BCUT2D eigenvalue weighted by Crippen LogP contribution is -2.32. The van der Waals surface area contributed by atoms with Crippen LogP contribution in [-0.4, -0.2) is 12.0 Å². The molecule has 2 aromatic rings. The van der Waals surface area contributed by atoms with Gasteiger partial charge in [0, 0.05) is 5.69 Å². The number of carbonyl (C=O) groups is 1. The molecule has 0 saturated carbocycles. The highest BCUT2D eigenvalue weighted by molar-refractivity contribution is 5.95. The molecule has 0 unspecified atom stereocenters. The maximum Gasteiger partial charge on any atom is 0.265 e. The molecule has 1 N–H and O–H groups in total. The molecule has 0 aliphatic heterocycles. The standard InChI is InChI=1S/C21H27NO2/c1-7-19(24-18-9-8-14(3)15(4)12-18)21(23)22-20-16(5)10-13(2)11-17(20)6/h8-12,19H,7H2,1-6H3,(H,22,23)/t19-/m1/s1. The summed E-state index contributed by atoms with van der Waals surface area (Å²) in [5.74, 6) is 0.628. The predicted octanol–water partition coefficient (Wildman–Crippen LogP) is 5.02. The van der Waals surface area contributed by atoms with Crippen LogP contribution < -0.4 is 10.1 Å². The Kier molecular flexibility index (Phi) is 5.66. The number of aryl methyl sites for hydroxylation is 5. The van der Waals surface area contributed by atoms with Crippen molar-refractivity contribution in [2.45, 2.75) is 54.1 Å². The molecule has 3 nitrogen and oxygen atoms in total. The molecule has 0 fully saturated rings. The summed E-state index contributed by atoms with van der Waals surface area (Å²) in [5, 5.41) is 3.04. The van der Waals surface area contributed by atoms with E-state index in [1.807, 2.05) is 45.9 Å². The lowest BCUT2D eigenvalue weighted by Gasteiger charge is -2.20. The SMILES string of the molecule is CC[C@@H](Oc1ccc(C)c(C)c1)C(=O)Nc1c(C)cc(C)cc1C. The first-order valence-electron chi connectivity index (χ1n) is 8.44. The number of hydrogen-bond donors (Lipinski definition) is 1. The van der Waals surface area contributed by atoms with Crippen LogP contribution in [0.1, 0.15) is 41.2 Å². The zero-order chi connectivity index (χ0) is 17.9. The number of rotatable bonds is 5. The van der Waals surface area contributed by atoms with Crippen molar-refractivity contribution in [3.05, 3.63) is 58.1 Å². The molecule has 1 atom stereocenters. The van der Waals surface area contributed by atoms with Crippen molar-refractivity contribution in [1.29, 1.82) is 0 Å². The van der Waals surface area contributed by atoms with Crippen molar-refractivity contribution in [1.82, 2.24) is 0 Å². The van der Waals surface area contributed by atoms with Crippen LogP contribution in [0.15, 0.2) is 30.3 Å². The van der Waals surface area contributed by atoms with Crippen LogP contribution in [0.5, 0.6) is 5.75 Å². The molecule has 0 radical (unpaired) electrons. The topological polar surface area (TPSA) is 38.3 Å². The molecule has 2 aromatic carbocycles. The third kappa shape index (κ3) is 4.16. The zero-order valence-corrected chi connectivity index (χ0v) is 15.5. The van der Waals surface area contributed by atoms with Gasteiger partial charge in [-0.05, 0) is 75.4 Å². The first-order valence-corrected chi connectivity index (χ1v) is 8.44. The molecule has 0 aliphatic rings. The van der Waals surface area contributed by atoms with Gasteiger partial charge in [0.15, 0.2) is 6.10 Å². The fourth-order valence-electron chi connectivity index (χ4n) is 2.85. The second kappa shape index (κ2) is 7.52. The van der Waals surface area contributed by atoms with Crippen LogP contribution in [0.2, 0.25) is 0 Å². The number of carbonyl (C=O) groups excluding carboxylic acids is 1. The smallest absolute Gasteiger partial charge is 0.265 e. The molecule has 0 saturated heterocycles. The fourth-order valence-corrected chi connectivity index (χ4v) is 2.85. The maximum atomic E-state index is 12.7. The Hall–Kier alpha value is -2.29. The Morgan fingerprint density at radius 1 is 0.958 bits per heavy atom. The van der Waals surface area contributed by atoms with Gasteiger partial charge in [-0.2, -0.15) is 0 Å². The van der Waals surface area contributed by atoms with Gasteiger partial charge in [0.1, 0.15) is 5.75 Å². The highest BCUT2D eigenvalue weighted by Gasteiger charge is 2.20. The molecule has 0 bridgehead atoms. The quantitative estimate of drug-likeness (QED) is 0.838. The van der Waals surface area contributed by atoms with E-state index >= 15 is 0 Å². The molecular formula is C21H27NO2. The normalized spacial score (nSPS) is 11.9. The minimum Gasteiger partial charge on any atom is -0.481 e. The van der Waals surface area contributed by atoms with E-state index in [-0.39, 0.29) is 5.91 Å². The number of anilines is 1. The van der Waals surface area contributed by atoms with Crippen molar-refractivity contribution in [3.63, 3.8) is 0 Å². The number of hydrogen-bond acceptors (Lipinski definition) is 2. The average molecular weight is 325 g/mol. The molecule has 3 heteroatoms. The van der Waals surface area contributed by atoms with Crippen molar-refractivity contribution in [2.24, 2.45) is 0 Å². The van der Waals surface area contributed by atoms with Gasteiger partial charge in [-0.1, -0.05) is 30.7 Å². The highest BCUT2D eigenvalue weighted by Crippen LogP contribution is 2.23. The molecule has 0 spiro atoms. The Labute approximate surface area is 145 Å². The molecular weight excluding hydrogens is 298 g/mol. The highest BCUT2D eigenvalue weighted by atomic mass is 16.5. The summed E-state index contributed by atoms with van der Waals surface area (Å²) in [4.78, 5) is 12.7. The van der Waals surface area contributed by atoms with Gasteiger partial charge in [-0.25, -0.2) is 0 Å². The average Bonchev–Trinajstić information content (AvgIpc) is 2.51. The van der Waals surface area contributed by atoms with E-state index in [9.17, 15) is 4.79 Å². The van der Waals surface area contributed by atoms with Crippen LogP contribution in [-0.2, 0) is 4.79 Å². The van der Waals surface area contributed by atoms with Crippen molar-refractivity contribution in [3.8, 4) is 5.75 Å². The molecule has 128 valence electrons. The molecule has 0 aromatic heterocycles. The van der Waals surface area contributed by atoms with E-state index in [0.717, 1.165) is 28.1 Å². The maximum absolute atomic E-state index is 12.7. The number of ether oxygens (including phenoxy) is 1. The monoisotopic (exact) mass is 325 g/mol. The van der Waals surface area contributed by atoms with Crippen LogP contribution in [0.4, 0.5) is 5.69 Å². The van der Waals surface area contributed by atoms with Gasteiger partial charge in [0.25, 0.3) is 5.91 Å². The molecule has 1 amide bonds. The van der Waals surface area contributed by atoms with Crippen molar-refractivity contribution in [2.75, 3.05) is 5.32 Å². The largest absolute Gasteiger partial charge is 0.481 e. The first kappa shape index (κ1) is 18.1. The molecule has 2 rings (SSSR count). The number of benzene rings is 2. The predicted molar refractivity (Wildman–Crippen MR) is 99.9 cm³/mol. The summed E-state index contributed by atoms with van der Waals surface area (Å²) in [6, 6.07) is 10.1. The first-order chi connectivity index (χ1) is 11.3. The minimum atomic E-state index is -0.507. The van der Waals surface area contributed by atoms with Crippen LogP contribution in [0.3, 0.4) is 0 Å². The molecule has 0 heterocycles. The van der Waals surface area contributed by atoms with Gasteiger partial charge in [-0.3, -0.25) is 4.79 Å². The Bertz CT molecular complexity index is 726. The van der Waals surface area contributed by atoms with Crippen molar-refractivity contribution < 1.29 is 9.53 Å². The van der Waals surface area contributed by atoms with Crippen LogP contribution in [0.25, 0.3) is 0 Å². The third-order valence-electron chi connectivity index (χ3n) is 4.35. The van der Waals surface area contributed by atoms with E-state index in [4.69, 9.17) is 4.74 Å². The van der Waals surface area contributed by atoms with Gasteiger partial charge < -0.3 is 10.1 Å². The van der Waals surface area contributed by atoms with Gasteiger partial charge in [-0.15, -0.1) is 0 Å². The summed E-state index contributed by atoms with van der Waals surface area (Å²) in [6.45, 7) is 12.2. The number of nitrogens with one attached hydrogen (secondary N) is 1. The van der Waals surface area contributed by atoms with E-state index < -0.39 is 6.10 Å². The number of amides is 1. The van der Waals surface area contributed by atoms with E-state index in [1.54, 1.807) is 0 Å². The van der Waals surface area contributed by atoms with E-state index in [0.29, 0.717) is 6.42 Å². The fraction of sp³-hybridized carbons (Fsp3) is 0.381. The van der Waals surface area contributed by atoms with Gasteiger partial charge in [0.05, 0.1) is 0 Å². The molecule has 24 heavy (non-hydrogen) atoms. The van der Waals surface area contributed by atoms with Crippen LogP contribution in [0, 0.1) is 34.6 Å². The lowest BCUT2D eigenvalue weighted by atomic mass is 10.0. The Morgan fingerprint density at radius 3 is 2.12 bits per heavy atom. The van der Waals surface area contributed by atoms with E-state index in [2.05, 4.69) is 31.3 Å². The minimum absolute atomic E-state index is 0.106. The van der Waals surface area contributed by atoms with Crippen LogP contribution >= 0.6 is 0 Å². The lowest BCUT2D eigenvalue weighted by molar-refractivity contribution is -0.122. The summed E-state index contributed by atoms with van der Waals surface area (Å²) < 4.78 is 5.92. The second-order valence-electron chi connectivity index (χ2n) is 6.52. The summed E-state index contributed by atoms with van der Waals surface area (Å²) >= 11 is 0. The summed E-state index contributed by atoms with van der Waals surface area (Å²) in [6.07, 6.45) is 0.107. The van der Waals surface area contributed by atoms with Crippen molar-refractivity contribution >= 4 is 11.6 Å². The third-order valence-corrected chi connectivity index (χ3v) is 4.35. The zero-order valence-electron chi connectivity index (χ0n) is 15.5. The molecule has 0 aliphatic carbocycles. The van der Waals surface area contributed by atoms with E-state index in [1.165, 1.54) is 11.1 Å². The second-order valence-corrected chi connectivity index (χ2v) is 6.52.